The van der Waals surface area contributed by atoms with E-state index < -0.39 is 0 Å². The van der Waals surface area contributed by atoms with Gasteiger partial charge in [0.05, 0.1) is 0 Å². The zero-order chi connectivity index (χ0) is 37.6. The number of rotatable bonds is 5. The molecule has 7 rings (SSSR count). The average Bonchev–Trinajstić information content (AvgIpc) is 3.42. The van der Waals surface area contributed by atoms with Gasteiger partial charge in [0.2, 0.25) is 0 Å². The van der Waals surface area contributed by atoms with Crippen molar-refractivity contribution in [1.29, 1.82) is 0 Å². The molecule has 51 heavy (non-hydrogen) atoms. The number of allylic oxidation sites excluding steroid dienone is 2. The molecule has 1 saturated carbocycles. The van der Waals surface area contributed by atoms with Crippen LogP contribution in [0.15, 0.2) is 65.9 Å². The lowest BCUT2D eigenvalue weighted by Crippen LogP contribution is -2.42. The van der Waals surface area contributed by atoms with Gasteiger partial charge in [0, 0.05) is 9.96 Å². The number of hydrogen-bond acceptors (Lipinski definition) is 1. The van der Waals surface area contributed by atoms with Crippen molar-refractivity contribution in [3.05, 3.63) is 110 Å². The minimum absolute atomic E-state index is 0.0481. The molecule has 273 valence electrons. The van der Waals surface area contributed by atoms with Gasteiger partial charge in [-0.05, 0) is 127 Å². The van der Waals surface area contributed by atoms with Crippen LogP contribution in [0.4, 0.5) is 5.69 Å². The van der Waals surface area contributed by atoms with Crippen LogP contribution in [-0.4, -0.2) is 15.4 Å². The van der Waals surface area contributed by atoms with E-state index in [1.54, 1.807) is 28.1 Å². The summed E-state index contributed by atoms with van der Waals surface area (Å²) < 4.78 is 2.84. The molecule has 1 heterocycles. The highest BCUT2D eigenvalue weighted by Crippen LogP contribution is 2.61. The second-order valence-electron chi connectivity index (χ2n) is 21.3. The van der Waals surface area contributed by atoms with Crippen LogP contribution < -0.4 is 3.88 Å². The number of benzene rings is 3. The highest BCUT2D eigenvalue weighted by atomic mass is 27.1. The quantitative estimate of drug-likeness (QED) is 0.240. The largest absolute Gasteiger partial charge is 0.443 e. The normalized spacial score (nSPS) is 20.8. The van der Waals surface area contributed by atoms with Crippen LogP contribution in [0, 0.1) is 11.8 Å². The lowest BCUT2D eigenvalue weighted by molar-refractivity contribution is 0.285. The summed E-state index contributed by atoms with van der Waals surface area (Å²) in [5.41, 5.74) is 17.3. The monoisotopic (exact) mass is 699 g/mol. The lowest BCUT2D eigenvalue weighted by atomic mass is 9.62. The second-order valence-corrected chi connectivity index (χ2v) is 23.0. The molecule has 4 aliphatic rings. The minimum atomic E-state index is -0.221. The third kappa shape index (κ3) is 6.85. The van der Waals surface area contributed by atoms with Gasteiger partial charge in [0.1, 0.15) is 0 Å². The Kier molecular flexibility index (Phi) is 9.76. The predicted molar refractivity (Wildman–Crippen MR) is 224 cm³/mol. The molecular weight excluding hydrogens is 630 g/mol. The first-order valence-electron chi connectivity index (χ1n) is 20.3. The average molecular weight is 699 g/mol. The Morgan fingerprint density at radius 1 is 0.549 bits per heavy atom. The maximum absolute atomic E-state index is 3.01. The van der Waals surface area contributed by atoms with Crippen LogP contribution in [0.3, 0.4) is 0 Å². The lowest BCUT2D eigenvalue weighted by Gasteiger charge is -2.46. The molecule has 3 aliphatic carbocycles. The van der Waals surface area contributed by atoms with Crippen molar-refractivity contribution >= 4 is 21.1 Å². The molecule has 0 saturated heterocycles. The highest BCUT2D eigenvalue weighted by Gasteiger charge is 2.57. The zero-order valence-corrected chi connectivity index (χ0v) is 36.5. The Labute approximate surface area is 320 Å². The number of para-hydroxylation sites is 1. The van der Waals surface area contributed by atoms with Gasteiger partial charge in [-0.25, -0.2) is 0 Å². The van der Waals surface area contributed by atoms with Gasteiger partial charge < -0.3 is 3.88 Å². The summed E-state index contributed by atoms with van der Waals surface area (Å²) >= 11 is -0.221. The summed E-state index contributed by atoms with van der Waals surface area (Å²) in [6, 6.07) is 23.0. The first kappa shape index (κ1) is 38.5. The summed E-state index contributed by atoms with van der Waals surface area (Å²) in [6.07, 6.45) is 5.33. The molecule has 3 aromatic carbocycles. The molecule has 1 radical (unpaired) electrons. The molecule has 1 nitrogen and oxygen atoms in total. The fourth-order valence-corrected chi connectivity index (χ4v) is 11.8. The van der Waals surface area contributed by atoms with Crippen LogP contribution in [0.25, 0.3) is 0 Å². The highest BCUT2D eigenvalue weighted by molar-refractivity contribution is 6.51. The van der Waals surface area contributed by atoms with Gasteiger partial charge in [0.15, 0.2) is 0 Å². The van der Waals surface area contributed by atoms with E-state index in [1.807, 2.05) is 0 Å². The number of fused-ring (bicyclic) bond motifs is 2. The summed E-state index contributed by atoms with van der Waals surface area (Å²) in [4.78, 5) is 0. The molecule has 2 bridgehead atoms. The third-order valence-electron chi connectivity index (χ3n) is 12.6. The molecule has 0 aromatic heterocycles. The minimum Gasteiger partial charge on any atom is -0.443 e. The van der Waals surface area contributed by atoms with Crippen LogP contribution in [0.2, 0.25) is 0 Å². The van der Waals surface area contributed by atoms with E-state index in [2.05, 4.69) is 169 Å². The Hall–Kier alpha value is -2.27. The van der Waals surface area contributed by atoms with E-state index >= 15 is 0 Å². The molecule has 0 atom stereocenters. The SMILES string of the molecule is CC(C)c1cccc(C(C)C)c1[N]1[Al][C](c2cc(C(C)(C)C)cc(C(C)(C)C)c2)(c2cc(C(C)(C)C)cc(C(C)(C)C)c2)C2=C1C1CCC2CC1. The summed E-state index contributed by atoms with van der Waals surface area (Å²) in [5, 5.41) is 0. The van der Waals surface area contributed by atoms with E-state index in [4.69, 9.17) is 0 Å². The standard InChI is InChI=1S/C49H69N.Al/c1-30(2)40-18-17-19-41(31(3)4)45(40)50-44-33-22-20-32(21-23-33)43(44)42(34-24-36(46(5,6)7)28-37(25-34)47(8,9)10)35-26-38(48(11,12)13)29-39(27-35)49(14,15)16;/h17-19,24-33H,20-23H2,1-16H3;/q-1;+1. The number of hydrogen-bond donors (Lipinski definition) is 0. The topological polar surface area (TPSA) is 3.24 Å². The molecule has 0 N–H and O–H groups in total. The maximum atomic E-state index is 3.01. The van der Waals surface area contributed by atoms with E-state index in [1.165, 1.54) is 59.1 Å². The van der Waals surface area contributed by atoms with E-state index in [9.17, 15) is 0 Å². The van der Waals surface area contributed by atoms with Crippen molar-refractivity contribution < 1.29 is 0 Å². The molecule has 0 unspecified atom stereocenters. The Bertz CT molecular complexity index is 1650. The molecule has 0 amide bonds. The fraction of sp³-hybridized carbons (Fsp3) is 0.592. The van der Waals surface area contributed by atoms with Crippen molar-refractivity contribution in [3.63, 3.8) is 0 Å². The number of anilines is 1. The summed E-state index contributed by atoms with van der Waals surface area (Å²) in [6.45, 7) is 38.6. The summed E-state index contributed by atoms with van der Waals surface area (Å²) in [7, 11) is 0. The van der Waals surface area contributed by atoms with E-state index in [0.717, 1.165) is 0 Å². The third-order valence-corrected chi connectivity index (χ3v) is 14.8. The second kappa shape index (κ2) is 12.9. The molecular formula is C49H69AlN. The smallest absolute Gasteiger partial charge is 0.399 e. The zero-order valence-electron chi connectivity index (χ0n) is 35.4. The van der Waals surface area contributed by atoms with Gasteiger partial charge in [-0.1, -0.05) is 165 Å². The Morgan fingerprint density at radius 2 is 0.902 bits per heavy atom. The first-order valence-corrected chi connectivity index (χ1v) is 21.4. The van der Waals surface area contributed by atoms with Crippen molar-refractivity contribution in [2.75, 3.05) is 3.88 Å². The molecule has 1 fully saturated rings. The first-order chi connectivity index (χ1) is 23.4. The predicted octanol–water partition coefficient (Wildman–Crippen LogP) is 13.6. The Balaban J connectivity index is 1.81. The van der Waals surface area contributed by atoms with Crippen LogP contribution in [0.5, 0.6) is 0 Å². The van der Waals surface area contributed by atoms with Crippen molar-refractivity contribution in [2.24, 2.45) is 11.8 Å². The molecule has 2 heteroatoms. The van der Waals surface area contributed by atoms with Crippen molar-refractivity contribution in [3.8, 4) is 0 Å². The number of nitrogens with zero attached hydrogens (tertiary/aromatic N) is 1. The van der Waals surface area contributed by atoms with Crippen molar-refractivity contribution in [2.45, 2.75) is 174 Å². The van der Waals surface area contributed by atoms with Crippen LogP contribution >= 0.6 is 0 Å². The van der Waals surface area contributed by atoms with Gasteiger partial charge in [-0.15, -0.1) is 0 Å². The molecule has 1 aliphatic heterocycles. The fourth-order valence-electron chi connectivity index (χ4n) is 9.31. The molecule has 3 aromatic rings. The van der Waals surface area contributed by atoms with Crippen LogP contribution in [-0.2, 0) is 25.9 Å². The van der Waals surface area contributed by atoms with E-state index in [0.29, 0.717) is 23.7 Å². The van der Waals surface area contributed by atoms with Crippen molar-refractivity contribution in [1.82, 2.24) is 0 Å². The molecule has 0 spiro atoms. The van der Waals surface area contributed by atoms with Gasteiger partial charge >= 0.3 is 15.4 Å². The summed E-state index contributed by atoms with van der Waals surface area (Å²) in [5.74, 6) is 2.20. The Morgan fingerprint density at radius 3 is 1.24 bits per heavy atom. The van der Waals surface area contributed by atoms with Crippen LogP contribution in [0.1, 0.15) is 193 Å². The van der Waals surface area contributed by atoms with E-state index in [-0.39, 0.29) is 41.4 Å². The van der Waals surface area contributed by atoms with Gasteiger partial charge in [-0.2, -0.15) is 0 Å². The van der Waals surface area contributed by atoms with Gasteiger partial charge in [-0.3, -0.25) is 0 Å². The maximum Gasteiger partial charge on any atom is 0.399 e. The van der Waals surface area contributed by atoms with Gasteiger partial charge in [0.25, 0.3) is 0 Å².